The monoisotopic (exact) mass is 522 g/mol. The topological polar surface area (TPSA) is 59.1 Å². The molecular formula is C33H34N2O4. The fourth-order valence-electron chi connectivity index (χ4n) is 5.70. The van der Waals surface area contributed by atoms with Gasteiger partial charge in [0.1, 0.15) is 17.0 Å². The normalized spacial score (nSPS) is 17.7. The van der Waals surface area contributed by atoms with E-state index in [4.69, 9.17) is 9.47 Å². The first-order valence-electron chi connectivity index (χ1n) is 13.7. The molecule has 1 fully saturated rings. The van der Waals surface area contributed by atoms with Crippen molar-refractivity contribution in [1.82, 2.24) is 9.80 Å². The van der Waals surface area contributed by atoms with E-state index in [1.165, 1.54) is 11.1 Å². The van der Waals surface area contributed by atoms with Crippen molar-refractivity contribution in [2.45, 2.75) is 57.9 Å². The zero-order valence-electron chi connectivity index (χ0n) is 22.8. The molecule has 0 N–H and O–H groups in total. The average molecular weight is 523 g/mol. The van der Waals surface area contributed by atoms with Crippen LogP contribution in [0.1, 0.15) is 66.2 Å². The molecule has 6 nitrogen and oxygen atoms in total. The third-order valence-corrected chi connectivity index (χ3v) is 7.73. The van der Waals surface area contributed by atoms with Crippen molar-refractivity contribution in [2.24, 2.45) is 0 Å². The van der Waals surface area contributed by atoms with Crippen LogP contribution in [0.2, 0.25) is 0 Å². The van der Waals surface area contributed by atoms with Crippen LogP contribution in [-0.2, 0) is 17.8 Å². The molecule has 3 aromatic carbocycles. The van der Waals surface area contributed by atoms with E-state index in [9.17, 15) is 9.59 Å². The number of carbonyl (C=O) groups is 2. The van der Waals surface area contributed by atoms with Crippen LogP contribution >= 0.6 is 0 Å². The second kappa shape index (κ2) is 9.60. The highest BCUT2D eigenvalue weighted by Crippen LogP contribution is 2.43. The Morgan fingerprint density at radius 2 is 1.44 bits per heavy atom. The lowest BCUT2D eigenvalue weighted by Crippen LogP contribution is -2.50. The SMILES string of the molecule is CC(C)(C)OC(=O)N1CCC2(C=C(c3ccc(C(=O)N4Cc5ccccc5C4)cc3)c3ccccc3O2)CC1. The van der Waals surface area contributed by atoms with Gasteiger partial charge < -0.3 is 19.3 Å². The van der Waals surface area contributed by atoms with E-state index in [1.807, 2.05) is 80.3 Å². The Bertz CT molecular complexity index is 1420. The smallest absolute Gasteiger partial charge is 0.410 e. The van der Waals surface area contributed by atoms with Crippen LogP contribution in [0.5, 0.6) is 5.75 Å². The summed E-state index contributed by atoms with van der Waals surface area (Å²) in [6.07, 6.45) is 3.29. The largest absolute Gasteiger partial charge is 0.482 e. The molecule has 0 saturated carbocycles. The summed E-state index contributed by atoms with van der Waals surface area (Å²) >= 11 is 0. The molecule has 3 aromatic rings. The number of ether oxygens (including phenoxy) is 2. The molecule has 2 amide bonds. The van der Waals surface area contributed by atoms with Gasteiger partial charge >= 0.3 is 6.09 Å². The van der Waals surface area contributed by atoms with Crippen LogP contribution in [0, 0.1) is 0 Å². The van der Waals surface area contributed by atoms with Gasteiger partial charge in [-0.3, -0.25) is 4.79 Å². The summed E-state index contributed by atoms with van der Waals surface area (Å²) in [5, 5.41) is 0. The van der Waals surface area contributed by atoms with Gasteiger partial charge in [0.15, 0.2) is 0 Å². The van der Waals surface area contributed by atoms with E-state index >= 15 is 0 Å². The Balaban J connectivity index is 1.23. The number of hydrogen-bond acceptors (Lipinski definition) is 4. The van der Waals surface area contributed by atoms with E-state index in [-0.39, 0.29) is 12.0 Å². The molecule has 0 unspecified atom stereocenters. The zero-order chi connectivity index (χ0) is 27.2. The lowest BCUT2D eigenvalue weighted by atomic mass is 9.83. The molecule has 6 heteroatoms. The van der Waals surface area contributed by atoms with Crippen LogP contribution in [0.3, 0.4) is 0 Å². The summed E-state index contributed by atoms with van der Waals surface area (Å²) in [4.78, 5) is 29.6. The lowest BCUT2D eigenvalue weighted by molar-refractivity contribution is -0.00117. The fourth-order valence-corrected chi connectivity index (χ4v) is 5.70. The molecular weight excluding hydrogens is 488 g/mol. The molecule has 6 rings (SSSR count). The molecule has 1 saturated heterocycles. The molecule has 3 aliphatic rings. The molecule has 0 atom stereocenters. The molecule has 0 radical (unpaired) electrons. The molecule has 3 aliphatic heterocycles. The predicted octanol–water partition coefficient (Wildman–Crippen LogP) is 6.44. The highest BCUT2D eigenvalue weighted by molar-refractivity contribution is 5.95. The van der Waals surface area contributed by atoms with Gasteiger partial charge in [0.05, 0.1) is 0 Å². The van der Waals surface area contributed by atoms with E-state index < -0.39 is 11.2 Å². The Labute approximate surface area is 229 Å². The third kappa shape index (κ3) is 5.03. The summed E-state index contributed by atoms with van der Waals surface area (Å²) in [5.74, 6) is 0.890. The van der Waals surface area contributed by atoms with Crippen molar-refractivity contribution < 1.29 is 19.1 Å². The predicted molar refractivity (Wildman–Crippen MR) is 150 cm³/mol. The van der Waals surface area contributed by atoms with Crippen LogP contribution in [0.25, 0.3) is 5.57 Å². The first kappa shape index (κ1) is 25.2. The minimum Gasteiger partial charge on any atom is -0.482 e. The lowest BCUT2D eigenvalue weighted by Gasteiger charge is -2.43. The minimum atomic E-state index is -0.522. The molecule has 200 valence electrons. The molecule has 39 heavy (non-hydrogen) atoms. The van der Waals surface area contributed by atoms with E-state index in [1.54, 1.807) is 4.90 Å². The van der Waals surface area contributed by atoms with Gasteiger partial charge in [-0.1, -0.05) is 54.6 Å². The molecule has 1 spiro atoms. The number of likely N-dealkylation sites (tertiary alicyclic amines) is 1. The Morgan fingerprint density at radius 3 is 2.08 bits per heavy atom. The second-order valence-electron chi connectivity index (χ2n) is 11.7. The van der Waals surface area contributed by atoms with Crippen molar-refractivity contribution in [3.63, 3.8) is 0 Å². The Kier molecular flexibility index (Phi) is 6.21. The summed E-state index contributed by atoms with van der Waals surface area (Å²) < 4.78 is 12.2. The van der Waals surface area contributed by atoms with Gasteiger partial charge in [-0.2, -0.15) is 0 Å². The van der Waals surface area contributed by atoms with Crippen LogP contribution in [0.4, 0.5) is 4.79 Å². The first-order chi connectivity index (χ1) is 18.7. The number of rotatable bonds is 2. The Morgan fingerprint density at radius 1 is 0.821 bits per heavy atom. The van der Waals surface area contributed by atoms with Crippen molar-refractivity contribution in [2.75, 3.05) is 13.1 Å². The number of fused-ring (bicyclic) bond motifs is 2. The van der Waals surface area contributed by atoms with E-state index in [2.05, 4.69) is 24.3 Å². The fraction of sp³-hybridized carbons (Fsp3) is 0.333. The molecule has 0 bridgehead atoms. The van der Waals surface area contributed by atoms with Crippen molar-refractivity contribution in [3.05, 3.63) is 107 Å². The van der Waals surface area contributed by atoms with Gasteiger partial charge in [0.25, 0.3) is 5.91 Å². The average Bonchev–Trinajstić information content (AvgIpc) is 3.36. The highest BCUT2D eigenvalue weighted by atomic mass is 16.6. The molecule has 3 heterocycles. The second-order valence-corrected chi connectivity index (χ2v) is 11.7. The van der Waals surface area contributed by atoms with Gasteiger partial charge in [0, 0.05) is 50.1 Å². The van der Waals surface area contributed by atoms with Crippen molar-refractivity contribution >= 4 is 17.6 Å². The maximum absolute atomic E-state index is 13.3. The maximum Gasteiger partial charge on any atom is 0.410 e. The van der Waals surface area contributed by atoms with E-state index in [0.717, 1.165) is 22.4 Å². The summed E-state index contributed by atoms with van der Waals surface area (Å²) in [6.45, 7) is 8.07. The van der Waals surface area contributed by atoms with Crippen LogP contribution in [-0.4, -0.2) is 46.1 Å². The highest BCUT2D eigenvalue weighted by Gasteiger charge is 2.40. The number of para-hydroxylation sites is 1. The summed E-state index contributed by atoms with van der Waals surface area (Å²) in [7, 11) is 0. The zero-order valence-corrected chi connectivity index (χ0v) is 22.8. The number of nitrogens with zero attached hydrogens (tertiary/aromatic N) is 2. The number of benzene rings is 3. The first-order valence-corrected chi connectivity index (χ1v) is 13.7. The number of piperidine rings is 1. The van der Waals surface area contributed by atoms with Gasteiger partial charge in [0.2, 0.25) is 0 Å². The van der Waals surface area contributed by atoms with Crippen molar-refractivity contribution in [1.29, 1.82) is 0 Å². The van der Waals surface area contributed by atoms with Crippen LogP contribution < -0.4 is 4.74 Å². The van der Waals surface area contributed by atoms with Gasteiger partial charge in [-0.25, -0.2) is 4.79 Å². The van der Waals surface area contributed by atoms with Crippen LogP contribution in [0.15, 0.2) is 78.9 Å². The molecule has 0 aliphatic carbocycles. The van der Waals surface area contributed by atoms with Gasteiger partial charge in [-0.05, 0) is 67.3 Å². The number of amides is 2. The summed E-state index contributed by atoms with van der Waals surface area (Å²) in [6, 6.07) is 24.2. The third-order valence-electron chi connectivity index (χ3n) is 7.73. The van der Waals surface area contributed by atoms with Crippen molar-refractivity contribution in [3.8, 4) is 5.75 Å². The minimum absolute atomic E-state index is 0.0464. The number of carbonyl (C=O) groups excluding carboxylic acids is 2. The quantitative estimate of drug-likeness (QED) is 0.389. The number of hydrogen-bond donors (Lipinski definition) is 0. The van der Waals surface area contributed by atoms with E-state index in [0.29, 0.717) is 44.6 Å². The summed E-state index contributed by atoms with van der Waals surface area (Å²) in [5.41, 5.74) is 5.27. The molecule has 0 aromatic heterocycles. The van der Waals surface area contributed by atoms with Gasteiger partial charge in [-0.15, -0.1) is 0 Å². The maximum atomic E-state index is 13.3. The standard InChI is InChI=1S/C33H34N2O4/c1-32(2,3)39-31(37)34-18-16-33(17-19-34)20-28(27-10-6-7-11-29(27)38-33)23-12-14-24(15-13-23)30(36)35-21-25-8-4-5-9-26(25)22-35/h4-15,20H,16-19,21-22H2,1-3H3. The Hall–Kier alpha value is -4.06.